The fourth-order valence-corrected chi connectivity index (χ4v) is 4.09. The Hall–Kier alpha value is -2.17. The Morgan fingerprint density at radius 3 is 1.95 bits per heavy atom. The summed E-state index contributed by atoms with van der Waals surface area (Å²) in [6.45, 7) is 0. The predicted molar refractivity (Wildman–Crippen MR) is 95.5 cm³/mol. The van der Waals surface area contributed by atoms with Gasteiger partial charge in [-0.25, -0.2) is 0 Å². The van der Waals surface area contributed by atoms with E-state index in [1.165, 1.54) is 32.2 Å². The molecule has 4 aromatic rings. The van der Waals surface area contributed by atoms with Crippen molar-refractivity contribution in [2.75, 3.05) is 0 Å². The Balaban J connectivity index is 1.98. The molecule has 0 aliphatic carbocycles. The van der Waals surface area contributed by atoms with Gasteiger partial charge in [-0.2, -0.15) is 0 Å². The molecule has 4 aromatic carbocycles. The number of hydrogen-bond donors (Lipinski definition) is 0. The fraction of sp³-hybridized carbons (Fsp3) is 0. The lowest BCUT2D eigenvalue weighted by Crippen LogP contribution is -2.04. The van der Waals surface area contributed by atoms with E-state index in [0.717, 1.165) is 0 Å². The monoisotopic (exact) mass is 286 g/mol. The van der Waals surface area contributed by atoms with Crippen LogP contribution in [0.25, 0.3) is 21.5 Å². The van der Waals surface area contributed by atoms with Crippen LogP contribution in [0.1, 0.15) is 0 Å². The van der Waals surface area contributed by atoms with E-state index >= 15 is 0 Å². The van der Waals surface area contributed by atoms with Crippen LogP contribution in [0.3, 0.4) is 0 Å². The Morgan fingerprint density at radius 2 is 1.14 bits per heavy atom. The molecule has 0 spiro atoms. The summed E-state index contributed by atoms with van der Waals surface area (Å²) in [6.07, 6.45) is 0. The molecule has 0 fully saturated rings. The average Bonchev–Trinajstić information content (AvgIpc) is 2.56. The van der Waals surface area contributed by atoms with E-state index in [1.807, 2.05) is 0 Å². The molecule has 0 amide bonds. The highest BCUT2D eigenvalue weighted by Gasteiger charge is 2.06. The Morgan fingerprint density at radius 1 is 0.524 bits per heavy atom. The average molecular weight is 286 g/mol. The largest absolute Gasteiger partial charge is 0.0622 e. The molecule has 4 rings (SSSR count). The highest BCUT2D eigenvalue weighted by Crippen LogP contribution is 2.27. The van der Waals surface area contributed by atoms with E-state index < -0.39 is 0 Å². The van der Waals surface area contributed by atoms with Gasteiger partial charge in [0.05, 0.1) is 0 Å². The highest BCUT2D eigenvalue weighted by atomic mass is 31.1. The summed E-state index contributed by atoms with van der Waals surface area (Å²) >= 11 is 0. The maximum absolute atomic E-state index is 2.35. The number of benzene rings is 4. The van der Waals surface area contributed by atoms with Crippen LogP contribution in [-0.4, -0.2) is 0 Å². The van der Waals surface area contributed by atoms with Gasteiger partial charge in [0.25, 0.3) is 0 Å². The van der Waals surface area contributed by atoms with Crippen LogP contribution in [0.2, 0.25) is 0 Å². The molecule has 1 heteroatoms. The molecule has 0 heterocycles. The van der Waals surface area contributed by atoms with Gasteiger partial charge in [0.15, 0.2) is 0 Å². The van der Waals surface area contributed by atoms with Crippen molar-refractivity contribution in [3.63, 3.8) is 0 Å². The molecular weight excluding hydrogens is 271 g/mol. The van der Waals surface area contributed by atoms with E-state index in [9.17, 15) is 0 Å². The molecule has 0 nitrogen and oxygen atoms in total. The SMILES string of the molecule is c1ccc(Pc2cc3ccccc3c3ccccc23)cc1. The standard InChI is InChI=1S/C20H15P/c1-2-9-16(10-3-1)21-20-14-15-8-4-5-11-17(15)18-12-6-7-13-19(18)20/h1-14,21H. The molecule has 0 N–H and O–H groups in total. The first-order valence-electron chi connectivity index (χ1n) is 7.14. The van der Waals surface area contributed by atoms with Crippen molar-refractivity contribution in [3.05, 3.63) is 84.9 Å². The topological polar surface area (TPSA) is 0 Å². The van der Waals surface area contributed by atoms with Crippen LogP contribution in [-0.2, 0) is 0 Å². The maximum atomic E-state index is 2.35. The predicted octanol–water partition coefficient (Wildman–Crippen LogP) is 4.62. The molecule has 0 aliphatic heterocycles. The summed E-state index contributed by atoms with van der Waals surface area (Å²) in [5.74, 6) is 0. The summed E-state index contributed by atoms with van der Waals surface area (Å²) in [5.41, 5.74) is 0. The van der Waals surface area contributed by atoms with Crippen molar-refractivity contribution in [3.8, 4) is 0 Å². The number of hydrogen-bond acceptors (Lipinski definition) is 0. The highest BCUT2D eigenvalue weighted by molar-refractivity contribution is 7.56. The van der Waals surface area contributed by atoms with Gasteiger partial charge in [-0.1, -0.05) is 87.4 Å². The van der Waals surface area contributed by atoms with Crippen LogP contribution in [0.15, 0.2) is 84.9 Å². The van der Waals surface area contributed by atoms with Gasteiger partial charge in [-0.05, 0) is 38.2 Å². The first-order valence-corrected chi connectivity index (χ1v) is 8.14. The summed E-state index contributed by atoms with van der Waals surface area (Å²) in [4.78, 5) is 0. The van der Waals surface area contributed by atoms with Crippen molar-refractivity contribution in [1.29, 1.82) is 0 Å². The van der Waals surface area contributed by atoms with Crippen molar-refractivity contribution in [1.82, 2.24) is 0 Å². The molecule has 1 atom stereocenters. The van der Waals surface area contributed by atoms with Crippen LogP contribution in [0.4, 0.5) is 0 Å². The van der Waals surface area contributed by atoms with Gasteiger partial charge in [-0.15, -0.1) is 0 Å². The molecule has 0 saturated carbocycles. The minimum atomic E-state index is 0.694. The number of fused-ring (bicyclic) bond motifs is 3. The van der Waals surface area contributed by atoms with Gasteiger partial charge >= 0.3 is 0 Å². The molecule has 1 unspecified atom stereocenters. The zero-order chi connectivity index (χ0) is 14.1. The minimum absolute atomic E-state index is 0.694. The minimum Gasteiger partial charge on any atom is -0.0622 e. The van der Waals surface area contributed by atoms with E-state index in [4.69, 9.17) is 0 Å². The van der Waals surface area contributed by atoms with Crippen LogP contribution < -0.4 is 10.6 Å². The van der Waals surface area contributed by atoms with Gasteiger partial charge in [0.2, 0.25) is 0 Å². The van der Waals surface area contributed by atoms with Crippen molar-refractivity contribution < 1.29 is 0 Å². The third-order valence-electron chi connectivity index (χ3n) is 3.82. The lowest BCUT2D eigenvalue weighted by atomic mass is 10.0. The van der Waals surface area contributed by atoms with Crippen LogP contribution in [0.5, 0.6) is 0 Å². The van der Waals surface area contributed by atoms with Gasteiger partial charge in [0, 0.05) is 0 Å². The van der Waals surface area contributed by atoms with Gasteiger partial charge in [0.1, 0.15) is 0 Å². The zero-order valence-electron chi connectivity index (χ0n) is 11.6. The second kappa shape index (κ2) is 5.31. The summed E-state index contributed by atoms with van der Waals surface area (Å²) in [7, 11) is 0.694. The Labute approximate surface area is 126 Å². The molecule has 100 valence electrons. The van der Waals surface area contributed by atoms with E-state index in [0.29, 0.717) is 8.58 Å². The third-order valence-corrected chi connectivity index (χ3v) is 5.13. The van der Waals surface area contributed by atoms with E-state index in [-0.39, 0.29) is 0 Å². The molecule has 0 aliphatic rings. The molecule has 0 aromatic heterocycles. The molecular formula is C20H15P. The second-order valence-corrected chi connectivity index (χ2v) is 6.55. The molecule has 0 bridgehead atoms. The second-order valence-electron chi connectivity index (χ2n) is 5.18. The van der Waals surface area contributed by atoms with Gasteiger partial charge < -0.3 is 0 Å². The smallest absolute Gasteiger partial charge is 0.00990 e. The van der Waals surface area contributed by atoms with E-state index in [2.05, 4.69) is 84.9 Å². The normalized spacial score (nSPS) is 11.6. The lowest BCUT2D eigenvalue weighted by molar-refractivity contribution is 1.77. The van der Waals surface area contributed by atoms with Crippen LogP contribution in [0, 0.1) is 0 Å². The van der Waals surface area contributed by atoms with Crippen molar-refractivity contribution in [2.45, 2.75) is 0 Å². The Kier molecular flexibility index (Phi) is 3.18. The summed E-state index contributed by atoms with van der Waals surface area (Å²) in [6, 6.07) is 30.5. The fourth-order valence-electron chi connectivity index (χ4n) is 2.83. The summed E-state index contributed by atoms with van der Waals surface area (Å²) < 4.78 is 0. The molecule has 21 heavy (non-hydrogen) atoms. The summed E-state index contributed by atoms with van der Waals surface area (Å²) in [5, 5.41) is 8.21. The van der Waals surface area contributed by atoms with Gasteiger partial charge in [-0.3, -0.25) is 0 Å². The third kappa shape index (κ3) is 2.33. The lowest BCUT2D eigenvalue weighted by Gasteiger charge is -2.10. The van der Waals surface area contributed by atoms with E-state index in [1.54, 1.807) is 0 Å². The maximum Gasteiger partial charge on any atom is -0.00990 e. The zero-order valence-corrected chi connectivity index (χ0v) is 12.6. The molecule has 0 radical (unpaired) electrons. The first kappa shape index (κ1) is 12.6. The Bertz CT molecular complexity index is 910. The number of rotatable bonds is 2. The molecule has 0 saturated heterocycles. The first-order chi connectivity index (χ1) is 10.4. The quantitative estimate of drug-likeness (QED) is 0.372. The van der Waals surface area contributed by atoms with Crippen molar-refractivity contribution >= 4 is 40.7 Å². The van der Waals surface area contributed by atoms with Crippen molar-refractivity contribution in [2.24, 2.45) is 0 Å². The van der Waals surface area contributed by atoms with Crippen LogP contribution >= 0.6 is 8.58 Å².